The van der Waals surface area contributed by atoms with Crippen LogP contribution >= 0.6 is 11.6 Å². The summed E-state index contributed by atoms with van der Waals surface area (Å²) in [6.07, 6.45) is 0.712. The molecule has 8 heteroatoms. The van der Waals surface area contributed by atoms with Gasteiger partial charge in [-0.05, 0) is 55.8 Å². The maximum Gasteiger partial charge on any atom is 0.339 e. The fourth-order valence-electron chi connectivity index (χ4n) is 3.25. The molecule has 6 nitrogen and oxygen atoms in total. The molecule has 174 valence electrons. The molecule has 0 N–H and O–H groups in total. The molecule has 0 aliphatic heterocycles. The topological polar surface area (TPSA) is 72.9 Å². The SMILES string of the molecule is CC[C@@H](C)N(Cc1ccccc1OS(=O)(=O)c1ccc(OC)cc1)C(=O)c1ccccc1Cl. The van der Waals surface area contributed by atoms with E-state index in [0.29, 0.717) is 28.3 Å². The quantitative estimate of drug-likeness (QED) is 0.369. The van der Waals surface area contributed by atoms with Gasteiger partial charge in [0.1, 0.15) is 16.4 Å². The van der Waals surface area contributed by atoms with Gasteiger partial charge in [-0.2, -0.15) is 8.42 Å². The maximum atomic E-state index is 13.3. The van der Waals surface area contributed by atoms with Gasteiger partial charge < -0.3 is 13.8 Å². The molecule has 0 bridgehead atoms. The second-order valence-corrected chi connectivity index (χ2v) is 9.44. The van der Waals surface area contributed by atoms with Gasteiger partial charge in [0.25, 0.3) is 5.91 Å². The average Bonchev–Trinajstić information content (AvgIpc) is 2.82. The largest absolute Gasteiger partial charge is 0.497 e. The van der Waals surface area contributed by atoms with Crippen molar-refractivity contribution in [3.8, 4) is 11.5 Å². The average molecular weight is 488 g/mol. The summed E-state index contributed by atoms with van der Waals surface area (Å²) in [7, 11) is -2.58. The predicted octanol–water partition coefficient (Wildman–Crippen LogP) is 5.56. The lowest BCUT2D eigenvalue weighted by atomic mass is 10.1. The van der Waals surface area contributed by atoms with Crippen LogP contribution in [0.4, 0.5) is 0 Å². The number of hydrogen-bond acceptors (Lipinski definition) is 5. The van der Waals surface area contributed by atoms with E-state index >= 15 is 0 Å². The van der Waals surface area contributed by atoms with E-state index < -0.39 is 10.1 Å². The van der Waals surface area contributed by atoms with Crippen LogP contribution in [-0.4, -0.2) is 32.4 Å². The van der Waals surface area contributed by atoms with Gasteiger partial charge >= 0.3 is 10.1 Å². The zero-order valence-corrected chi connectivity index (χ0v) is 20.3. The Bertz CT molecular complexity index is 1210. The lowest BCUT2D eigenvalue weighted by Gasteiger charge is -2.29. The molecular formula is C25H26ClNO5S. The molecule has 0 aromatic heterocycles. The second-order valence-electron chi connectivity index (χ2n) is 7.49. The highest BCUT2D eigenvalue weighted by Gasteiger charge is 2.25. The van der Waals surface area contributed by atoms with Crippen LogP contribution in [0.3, 0.4) is 0 Å². The first kappa shape index (κ1) is 24.6. The monoisotopic (exact) mass is 487 g/mol. The zero-order valence-electron chi connectivity index (χ0n) is 18.7. The lowest BCUT2D eigenvalue weighted by molar-refractivity contribution is 0.0671. The van der Waals surface area contributed by atoms with Gasteiger partial charge in [0.2, 0.25) is 0 Å². The van der Waals surface area contributed by atoms with Crippen LogP contribution in [0.15, 0.2) is 77.7 Å². The zero-order chi connectivity index (χ0) is 24.0. The number of ether oxygens (including phenoxy) is 1. The van der Waals surface area contributed by atoms with Gasteiger partial charge in [-0.3, -0.25) is 4.79 Å². The summed E-state index contributed by atoms with van der Waals surface area (Å²) in [5, 5.41) is 0.363. The summed E-state index contributed by atoms with van der Waals surface area (Å²) < 4.78 is 36.3. The van der Waals surface area contributed by atoms with Crippen molar-refractivity contribution in [2.75, 3.05) is 7.11 Å². The number of carbonyl (C=O) groups is 1. The second kappa shape index (κ2) is 10.7. The molecule has 3 aromatic rings. The van der Waals surface area contributed by atoms with E-state index in [-0.39, 0.29) is 29.1 Å². The van der Waals surface area contributed by atoms with Crippen LogP contribution in [0.5, 0.6) is 11.5 Å². The van der Waals surface area contributed by atoms with E-state index in [9.17, 15) is 13.2 Å². The first-order valence-electron chi connectivity index (χ1n) is 10.5. The van der Waals surface area contributed by atoms with E-state index in [1.165, 1.54) is 19.2 Å². The molecule has 3 rings (SSSR count). The van der Waals surface area contributed by atoms with Crippen LogP contribution in [0.1, 0.15) is 36.2 Å². The Morgan fingerprint density at radius 1 is 1.00 bits per heavy atom. The highest BCUT2D eigenvalue weighted by atomic mass is 35.5. The lowest BCUT2D eigenvalue weighted by Crippen LogP contribution is -2.38. The molecule has 0 saturated heterocycles. The number of carbonyl (C=O) groups excluding carboxylic acids is 1. The normalized spacial score (nSPS) is 12.1. The molecule has 0 heterocycles. The Hall–Kier alpha value is -3.03. The number of hydrogen-bond donors (Lipinski definition) is 0. The fraction of sp³-hybridized carbons (Fsp3) is 0.240. The molecule has 3 aromatic carbocycles. The first-order valence-corrected chi connectivity index (χ1v) is 12.3. The van der Waals surface area contributed by atoms with Gasteiger partial charge in [-0.1, -0.05) is 48.9 Å². The third-order valence-corrected chi connectivity index (χ3v) is 6.93. The van der Waals surface area contributed by atoms with Crippen LogP contribution in [0.25, 0.3) is 0 Å². The summed E-state index contributed by atoms with van der Waals surface area (Å²) >= 11 is 6.26. The molecular weight excluding hydrogens is 462 g/mol. The number of para-hydroxylation sites is 1. The number of methoxy groups -OCH3 is 1. The number of rotatable bonds is 9. The molecule has 33 heavy (non-hydrogen) atoms. The summed E-state index contributed by atoms with van der Waals surface area (Å²) in [4.78, 5) is 15.0. The minimum absolute atomic E-state index is 0.00373. The Kier molecular flexibility index (Phi) is 8.00. The van der Waals surface area contributed by atoms with Crippen LogP contribution in [0.2, 0.25) is 5.02 Å². The molecule has 0 unspecified atom stereocenters. The molecule has 0 spiro atoms. The third kappa shape index (κ3) is 5.86. The van der Waals surface area contributed by atoms with Crippen molar-refractivity contribution >= 4 is 27.6 Å². The Balaban J connectivity index is 1.91. The highest BCUT2D eigenvalue weighted by molar-refractivity contribution is 7.87. The number of halogens is 1. The first-order chi connectivity index (χ1) is 15.8. The maximum absolute atomic E-state index is 13.3. The minimum atomic E-state index is -4.08. The third-order valence-electron chi connectivity index (χ3n) is 5.35. The van der Waals surface area contributed by atoms with E-state index in [1.807, 2.05) is 13.8 Å². The molecule has 0 fully saturated rings. The standard InChI is InChI=1S/C25H26ClNO5S/c1-4-18(2)27(25(28)22-10-6-7-11-23(22)26)17-19-9-5-8-12-24(19)32-33(29,30)21-15-13-20(31-3)14-16-21/h5-16,18H,4,17H2,1-3H3/t18-/m1/s1. The van der Waals surface area contributed by atoms with E-state index in [1.54, 1.807) is 65.6 Å². The predicted molar refractivity (Wildman–Crippen MR) is 128 cm³/mol. The van der Waals surface area contributed by atoms with Gasteiger partial charge in [0.05, 0.1) is 17.7 Å². The van der Waals surface area contributed by atoms with E-state index in [2.05, 4.69) is 0 Å². The molecule has 0 radical (unpaired) electrons. The van der Waals surface area contributed by atoms with Crippen LogP contribution in [0, 0.1) is 0 Å². The van der Waals surface area contributed by atoms with Gasteiger partial charge in [-0.15, -0.1) is 0 Å². The van der Waals surface area contributed by atoms with Gasteiger partial charge in [-0.25, -0.2) is 0 Å². The van der Waals surface area contributed by atoms with Crippen molar-refractivity contribution in [1.82, 2.24) is 4.90 Å². The van der Waals surface area contributed by atoms with Crippen molar-refractivity contribution in [3.63, 3.8) is 0 Å². The fourth-order valence-corrected chi connectivity index (χ4v) is 4.43. The summed E-state index contributed by atoms with van der Waals surface area (Å²) in [5.41, 5.74) is 0.957. The van der Waals surface area contributed by atoms with Gasteiger partial charge in [0.15, 0.2) is 0 Å². The molecule has 1 atom stereocenters. The van der Waals surface area contributed by atoms with Crippen molar-refractivity contribution in [3.05, 3.63) is 88.9 Å². The summed E-state index contributed by atoms with van der Waals surface area (Å²) in [6.45, 7) is 4.08. The molecule has 0 saturated carbocycles. The molecule has 1 amide bonds. The van der Waals surface area contributed by atoms with Crippen LogP contribution < -0.4 is 8.92 Å². The Morgan fingerprint density at radius 2 is 1.64 bits per heavy atom. The van der Waals surface area contributed by atoms with Crippen molar-refractivity contribution in [1.29, 1.82) is 0 Å². The van der Waals surface area contributed by atoms with Crippen molar-refractivity contribution in [2.24, 2.45) is 0 Å². The smallest absolute Gasteiger partial charge is 0.339 e. The Labute approximate surface area is 199 Å². The number of nitrogens with zero attached hydrogens (tertiary/aromatic N) is 1. The van der Waals surface area contributed by atoms with E-state index in [4.69, 9.17) is 20.5 Å². The van der Waals surface area contributed by atoms with Crippen LogP contribution in [-0.2, 0) is 16.7 Å². The Morgan fingerprint density at radius 3 is 2.27 bits per heavy atom. The molecule has 0 aliphatic carbocycles. The number of benzene rings is 3. The van der Waals surface area contributed by atoms with Gasteiger partial charge in [0, 0.05) is 18.2 Å². The highest BCUT2D eigenvalue weighted by Crippen LogP contribution is 2.28. The van der Waals surface area contributed by atoms with E-state index in [0.717, 1.165) is 0 Å². The number of amides is 1. The molecule has 0 aliphatic rings. The summed E-state index contributed by atoms with van der Waals surface area (Å²) in [6, 6.07) is 19.5. The van der Waals surface area contributed by atoms with Crippen molar-refractivity contribution in [2.45, 2.75) is 37.8 Å². The summed E-state index contributed by atoms with van der Waals surface area (Å²) in [5.74, 6) is 0.466. The van der Waals surface area contributed by atoms with Crippen molar-refractivity contribution < 1.29 is 22.1 Å². The minimum Gasteiger partial charge on any atom is -0.497 e.